The number of halogens is 1. The van der Waals surface area contributed by atoms with Crippen molar-refractivity contribution in [1.29, 1.82) is 0 Å². The highest BCUT2D eigenvalue weighted by Crippen LogP contribution is 2.25. The maximum Gasteiger partial charge on any atom is 0.234 e. The standard InChI is InChI=1S/C23H26FN5O2S2/c1-32-20-4-2-3-19(15-20)25-21(30)16-33-23-27-26-22(17-5-7-18(24)8-6-17)29(23)10-9-28-11-13-31-14-12-28/h2-8,15H,9-14,16H2,1H3,(H,25,30). The maximum atomic E-state index is 13.4. The minimum Gasteiger partial charge on any atom is -0.379 e. The van der Waals surface area contributed by atoms with Crippen LogP contribution in [0.25, 0.3) is 11.4 Å². The molecule has 1 aliphatic heterocycles. The summed E-state index contributed by atoms with van der Waals surface area (Å²) in [5, 5.41) is 12.3. The molecule has 2 heterocycles. The summed E-state index contributed by atoms with van der Waals surface area (Å²) in [6, 6.07) is 14.0. The molecule has 174 valence electrons. The number of hydrogen-bond donors (Lipinski definition) is 1. The van der Waals surface area contributed by atoms with Crippen LogP contribution >= 0.6 is 23.5 Å². The molecule has 4 rings (SSSR count). The molecule has 1 aromatic heterocycles. The number of thioether (sulfide) groups is 2. The predicted octanol–water partition coefficient (Wildman–Crippen LogP) is 3.87. The summed E-state index contributed by atoms with van der Waals surface area (Å²) in [7, 11) is 0. The fraction of sp³-hybridized carbons (Fsp3) is 0.348. The number of anilines is 1. The molecule has 1 saturated heterocycles. The molecule has 0 unspecified atom stereocenters. The molecule has 10 heteroatoms. The maximum absolute atomic E-state index is 13.4. The largest absolute Gasteiger partial charge is 0.379 e. The second-order valence-electron chi connectivity index (χ2n) is 7.49. The summed E-state index contributed by atoms with van der Waals surface area (Å²) in [5.74, 6) is 0.473. The molecule has 7 nitrogen and oxygen atoms in total. The summed E-state index contributed by atoms with van der Waals surface area (Å²) in [6.07, 6.45) is 2.00. The molecular weight excluding hydrogens is 461 g/mol. The Balaban J connectivity index is 1.46. The summed E-state index contributed by atoms with van der Waals surface area (Å²) in [4.78, 5) is 16.0. The monoisotopic (exact) mass is 487 g/mol. The Morgan fingerprint density at radius 2 is 1.91 bits per heavy atom. The zero-order chi connectivity index (χ0) is 23.0. The number of nitrogens with zero attached hydrogens (tertiary/aromatic N) is 4. The van der Waals surface area contributed by atoms with Crippen molar-refractivity contribution in [2.24, 2.45) is 0 Å². The number of ether oxygens (including phenoxy) is 1. The number of aromatic nitrogens is 3. The first-order valence-electron chi connectivity index (χ1n) is 10.7. The van der Waals surface area contributed by atoms with Gasteiger partial charge in [-0.3, -0.25) is 9.69 Å². The summed E-state index contributed by atoms with van der Waals surface area (Å²) >= 11 is 2.97. The summed E-state index contributed by atoms with van der Waals surface area (Å²) in [6.45, 7) is 4.71. The number of carbonyl (C=O) groups is 1. The third-order valence-corrected chi connectivity index (χ3v) is 6.94. The Morgan fingerprint density at radius 1 is 1.12 bits per heavy atom. The van der Waals surface area contributed by atoms with Crippen LogP contribution in [0, 0.1) is 5.82 Å². The summed E-state index contributed by atoms with van der Waals surface area (Å²) in [5.41, 5.74) is 1.56. The minimum absolute atomic E-state index is 0.107. The molecular formula is C23H26FN5O2S2. The molecule has 0 bridgehead atoms. The van der Waals surface area contributed by atoms with Gasteiger partial charge in [-0.2, -0.15) is 0 Å². The predicted molar refractivity (Wildman–Crippen MR) is 130 cm³/mol. The fourth-order valence-electron chi connectivity index (χ4n) is 3.50. The molecule has 0 saturated carbocycles. The second-order valence-corrected chi connectivity index (χ2v) is 9.31. The van der Waals surface area contributed by atoms with E-state index in [9.17, 15) is 9.18 Å². The lowest BCUT2D eigenvalue weighted by Crippen LogP contribution is -2.38. The zero-order valence-electron chi connectivity index (χ0n) is 18.4. The molecule has 0 atom stereocenters. The lowest BCUT2D eigenvalue weighted by Gasteiger charge is -2.27. The van der Waals surface area contributed by atoms with Gasteiger partial charge in [0.1, 0.15) is 5.82 Å². The second kappa shape index (κ2) is 11.6. The lowest BCUT2D eigenvalue weighted by atomic mass is 10.2. The van der Waals surface area contributed by atoms with Crippen LogP contribution in [0.4, 0.5) is 10.1 Å². The number of amides is 1. The number of nitrogens with one attached hydrogen (secondary N) is 1. The van der Waals surface area contributed by atoms with Crippen molar-refractivity contribution in [1.82, 2.24) is 19.7 Å². The highest BCUT2D eigenvalue weighted by molar-refractivity contribution is 7.99. The van der Waals surface area contributed by atoms with Crippen molar-refractivity contribution < 1.29 is 13.9 Å². The minimum atomic E-state index is -0.296. The molecule has 1 aliphatic rings. The van der Waals surface area contributed by atoms with Crippen LogP contribution in [0.3, 0.4) is 0 Å². The van der Waals surface area contributed by atoms with Crippen LogP contribution in [0.15, 0.2) is 58.6 Å². The van der Waals surface area contributed by atoms with E-state index in [2.05, 4.69) is 20.4 Å². The van der Waals surface area contributed by atoms with Gasteiger partial charge in [0.25, 0.3) is 0 Å². The number of morpholine rings is 1. The number of carbonyl (C=O) groups excluding carboxylic acids is 1. The van der Waals surface area contributed by atoms with Crippen molar-refractivity contribution in [2.45, 2.75) is 16.6 Å². The van der Waals surface area contributed by atoms with E-state index in [4.69, 9.17) is 4.74 Å². The summed E-state index contributed by atoms with van der Waals surface area (Å²) < 4.78 is 20.9. The van der Waals surface area contributed by atoms with Gasteiger partial charge < -0.3 is 14.6 Å². The third kappa shape index (κ3) is 6.57. The van der Waals surface area contributed by atoms with Gasteiger partial charge in [-0.05, 0) is 48.7 Å². The van der Waals surface area contributed by atoms with Gasteiger partial charge in [0.2, 0.25) is 5.91 Å². The van der Waals surface area contributed by atoms with Gasteiger partial charge in [-0.15, -0.1) is 22.0 Å². The molecule has 1 fully saturated rings. The van der Waals surface area contributed by atoms with Crippen molar-refractivity contribution in [3.63, 3.8) is 0 Å². The highest BCUT2D eigenvalue weighted by Gasteiger charge is 2.18. The smallest absolute Gasteiger partial charge is 0.234 e. The van der Waals surface area contributed by atoms with E-state index >= 15 is 0 Å². The Morgan fingerprint density at radius 3 is 2.67 bits per heavy atom. The molecule has 1 amide bonds. The number of rotatable bonds is 9. The molecule has 2 aromatic carbocycles. The SMILES string of the molecule is CSc1cccc(NC(=O)CSc2nnc(-c3ccc(F)cc3)n2CCN2CCOCC2)c1. The van der Waals surface area contributed by atoms with Gasteiger partial charge in [-0.25, -0.2) is 4.39 Å². The first kappa shape index (κ1) is 23.7. The molecule has 3 aromatic rings. The number of hydrogen-bond acceptors (Lipinski definition) is 7. The lowest BCUT2D eigenvalue weighted by molar-refractivity contribution is -0.113. The normalized spacial score (nSPS) is 14.4. The van der Waals surface area contributed by atoms with E-state index in [-0.39, 0.29) is 17.5 Å². The van der Waals surface area contributed by atoms with Gasteiger partial charge in [0, 0.05) is 42.3 Å². The van der Waals surface area contributed by atoms with E-state index in [1.807, 2.05) is 35.1 Å². The molecule has 0 radical (unpaired) electrons. The van der Waals surface area contributed by atoms with Crippen LogP contribution in [0.1, 0.15) is 0 Å². The Bertz CT molecular complexity index is 1070. The first-order chi connectivity index (χ1) is 16.1. The topological polar surface area (TPSA) is 72.3 Å². The van der Waals surface area contributed by atoms with Crippen LogP contribution in [0.2, 0.25) is 0 Å². The molecule has 0 spiro atoms. The van der Waals surface area contributed by atoms with Crippen LogP contribution < -0.4 is 5.32 Å². The fourth-order valence-corrected chi connectivity index (χ4v) is 4.73. The van der Waals surface area contributed by atoms with Crippen LogP contribution in [-0.4, -0.2) is 70.4 Å². The van der Waals surface area contributed by atoms with Gasteiger partial charge in [-0.1, -0.05) is 17.8 Å². The third-order valence-electron chi connectivity index (χ3n) is 5.25. The Hall–Kier alpha value is -2.40. The zero-order valence-corrected chi connectivity index (χ0v) is 20.0. The molecule has 33 heavy (non-hydrogen) atoms. The van der Waals surface area contributed by atoms with E-state index < -0.39 is 0 Å². The molecule has 0 aliphatic carbocycles. The molecule has 1 N–H and O–H groups in total. The average Bonchev–Trinajstić information content (AvgIpc) is 3.25. The highest BCUT2D eigenvalue weighted by atomic mass is 32.2. The first-order valence-corrected chi connectivity index (χ1v) is 12.9. The Kier molecular flexibility index (Phi) is 8.38. The number of benzene rings is 2. The van der Waals surface area contributed by atoms with Crippen LogP contribution in [0.5, 0.6) is 0 Å². The van der Waals surface area contributed by atoms with Crippen molar-refractivity contribution in [3.05, 3.63) is 54.3 Å². The van der Waals surface area contributed by atoms with E-state index in [1.54, 1.807) is 23.9 Å². The van der Waals surface area contributed by atoms with Gasteiger partial charge in [0.05, 0.1) is 19.0 Å². The van der Waals surface area contributed by atoms with Gasteiger partial charge in [0.15, 0.2) is 11.0 Å². The van der Waals surface area contributed by atoms with Gasteiger partial charge >= 0.3 is 0 Å². The van der Waals surface area contributed by atoms with Crippen molar-refractivity contribution >= 4 is 35.1 Å². The quantitative estimate of drug-likeness (QED) is 0.460. The van der Waals surface area contributed by atoms with E-state index in [0.29, 0.717) is 17.5 Å². The average molecular weight is 488 g/mol. The van der Waals surface area contributed by atoms with Crippen LogP contribution in [-0.2, 0) is 16.1 Å². The Labute approximate surface area is 201 Å². The van der Waals surface area contributed by atoms with Crippen molar-refractivity contribution in [3.8, 4) is 11.4 Å². The van der Waals surface area contributed by atoms with E-state index in [1.165, 1.54) is 23.9 Å². The van der Waals surface area contributed by atoms with E-state index in [0.717, 1.165) is 49.0 Å². The van der Waals surface area contributed by atoms with Crippen molar-refractivity contribution in [2.75, 3.05) is 50.2 Å².